The van der Waals surface area contributed by atoms with Gasteiger partial charge in [-0.25, -0.2) is 4.79 Å². The molecule has 0 unspecified atom stereocenters. The van der Waals surface area contributed by atoms with Crippen LogP contribution >= 0.6 is 0 Å². The van der Waals surface area contributed by atoms with Gasteiger partial charge in [-0.3, -0.25) is 14.9 Å². The van der Waals surface area contributed by atoms with Crippen molar-refractivity contribution in [3.05, 3.63) is 87.5 Å². The van der Waals surface area contributed by atoms with E-state index in [1.165, 1.54) is 29.8 Å². The van der Waals surface area contributed by atoms with Crippen molar-refractivity contribution >= 4 is 17.6 Å². The van der Waals surface area contributed by atoms with Gasteiger partial charge in [-0.2, -0.15) is 0 Å². The highest BCUT2D eigenvalue weighted by Crippen LogP contribution is 2.76. The third kappa shape index (κ3) is 5.58. The van der Waals surface area contributed by atoms with Crippen molar-refractivity contribution in [2.24, 2.45) is 50.2 Å². The van der Waals surface area contributed by atoms with Crippen LogP contribution in [0.1, 0.15) is 129 Å². The molecule has 274 valence electrons. The molecule has 4 fully saturated rings. The zero-order valence-electron chi connectivity index (χ0n) is 31.8. The van der Waals surface area contributed by atoms with E-state index in [0.29, 0.717) is 24.0 Å². The smallest absolute Gasteiger partial charge is 0.338 e. The Bertz CT molecular complexity index is 1730. The highest BCUT2D eigenvalue weighted by Gasteiger charge is 2.69. The Hall–Kier alpha value is -3.48. The molecule has 7 nitrogen and oxygen atoms in total. The van der Waals surface area contributed by atoms with Gasteiger partial charge < -0.3 is 9.47 Å². The maximum Gasteiger partial charge on any atom is 0.338 e. The number of carbonyl (C=O) groups excluding carboxylic acids is 2. The van der Waals surface area contributed by atoms with Gasteiger partial charge in [0.15, 0.2) is 0 Å². The van der Waals surface area contributed by atoms with E-state index in [4.69, 9.17) is 9.47 Å². The predicted molar refractivity (Wildman–Crippen MR) is 198 cm³/mol. The minimum absolute atomic E-state index is 0.00101. The number of carbonyl (C=O) groups is 2. The van der Waals surface area contributed by atoms with Crippen molar-refractivity contribution in [2.45, 2.75) is 125 Å². The molecule has 0 bridgehead atoms. The zero-order valence-corrected chi connectivity index (χ0v) is 31.8. The summed E-state index contributed by atoms with van der Waals surface area (Å²) in [6.07, 6.45) is 12.2. The maximum absolute atomic E-state index is 14.3. The normalized spacial score (nSPS) is 37.7. The Morgan fingerprint density at radius 1 is 0.824 bits per heavy atom. The second-order valence-corrected chi connectivity index (χ2v) is 19.0. The lowest BCUT2D eigenvalue weighted by Crippen LogP contribution is -2.65. The molecule has 0 spiro atoms. The number of non-ortho nitro benzene ring substituents is 1. The van der Waals surface area contributed by atoms with Crippen LogP contribution in [0.15, 0.2) is 66.2 Å². The number of allylic oxidation sites excluding steroid dienone is 2. The van der Waals surface area contributed by atoms with E-state index >= 15 is 0 Å². The van der Waals surface area contributed by atoms with Gasteiger partial charge in [-0.15, -0.1) is 0 Å². The molecular weight excluding hydrogens is 638 g/mol. The molecule has 8 atom stereocenters. The van der Waals surface area contributed by atoms with Crippen LogP contribution in [-0.2, 0) is 20.9 Å². The lowest BCUT2D eigenvalue weighted by atomic mass is 9.33. The van der Waals surface area contributed by atoms with E-state index in [2.05, 4.69) is 54.5 Å². The van der Waals surface area contributed by atoms with E-state index in [9.17, 15) is 19.7 Å². The molecule has 0 N–H and O–H groups in total. The molecule has 51 heavy (non-hydrogen) atoms. The van der Waals surface area contributed by atoms with Crippen LogP contribution < -0.4 is 0 Å². The molecule has 5 aliphatic rings. The van der Waals surface area contributed by atoms with Crippen molar-refractivity contribution in [2.75, 3.05) is 0 Å². The van der Waals surface area contributed by atoms with Crippen LogP contribution in [0.4, 0.5) is 5.69 Å². The molecule has 0 aromatic heterocycles. The lowest BCUT2D eigenvalue weighted by molar-refractivity contribution is -0.384. The highest BCUT2D eigenvalue weighted by molar-refractivity contribution is 5.89. The number of ether oxygens (including phenoxy) is 2. The Morgan fingerprint density at radius 2 is 1.51 bits per heavy atom. The van der Waals surface area contributed by atoms with Crippen LogP contribution in [0.3, 0.4) is 0 Å². The van der Waals surface area contributed by atoms with Gasteiger partial charge in [0, 0.05) is 17.5 Å². The van der Waals surface area contributed by atoms with E-state index in [1.54, 1.807) is 0 Å². The molecule has 2 aromatic rings. The number of benzene rings is 2. The second-order valence-electron chi connectivity index (χ2n) is 19.0. The van der Waals surface area contributed by atoms with Crippen LogP contribution in [0.5, 0.6) is 0 Å². The number of nitro groups is 1. The Balaban J connectivity index is 1.15. The third-order valence-electron chi connectivity index (χ3n) is 15.8. The summed E-state index contributed by atoms with van der Waals surface area (Å²) >= 11 is 0. The number of nitro benzene ring substituents is 1. The average molecular weight is 696 g/mol. The largest absolute Gasteiger partial charge is 0.460 e. The number of esters is 2. The predicted octanol–water partition coefficient (Wildman–Crippen LogP) is 10.7. The summed E-state index contributed by atoms with van der Waals surface area (Å²) in [4.78, 5) is 38.3. The standard InChI is InChI=1S/C44H57NO6/c1-39(2)23-25-44(38(47)50-28-29-11-9-8-10-12-29)26-24-42(6)32(33(44)27-39)17-18-35-41(5)21-20-36(40(3,4)34(41)19-22-43(35,42)7)51-37(46)30-13-15-31(16-14-30)45(48)49/h8-17,33-36H,18-28H2,1-7H3/t33-,34-,35+,36-,41-,42+,43+,44-/m0/s1. The minimum atomic E-state index is -0.465. The monoisotopic (exact) mass is 695 g/mol. The summed E-state index contributed by atoms with van der Waals surface area (Å²) in [5.74, 6) is 0.651. The molecule has 0 amide bonds. The molecule has 0 radical (unpaired) electrons. The summed E-state index contributed by atoms with van der Waals surface area (Å²) < 4.78 is 12.5. The van der Waals surface area contributed by atoms with E-state index in [-0.39, 0.29) is 50.8 Å². The molecule has 7 rings (SSSR count). The van der Waals surface area contributed by atoms with Crippen LogP contribution in [-0.4, -0.2) is 23.0 Å². The first-order valence-corrected chi connectivity index (χ1v) is 19.3. The Kier molecular flexibility index (Phi) is 8.66. The van der Waals surface area contributed by atoms with Gasteiger partial charge in [-0.05, 0) is 121 Å². The fourth-order valence-electron chi connectivity index (χ4n) is 12.6. The zero-order chi connectivity index (χ0) is 36.6. The summed E-state index contributed by atoms with van der Waals surface area (Å²) in [5, 5.41) is 11.1. The van der Waals surface area contributed by atoms with Gasteiger partial charge in [0.05, 0.1) is 15.9 Å². The van der Waals surface area contributed by atoms with Crippen molar-refractivity contribution < 1.29 is 24.0 Å². The minimum Gasteiger partial charge on any atom is -0.460 e. The number of fused-ring (bicyclic) bond motifs is 7. The number of hydrogen-bond donors (Lipinski definition) is 0. The van der Waals surface area contributed by atoms with Gasteiger partial charge >= 0.3 is 11.9 Å². The number of hydrogen-bond acceptors (Lipinski definition) is 6. The molecule has 0 aliphatic heterocycles. The fourth-order valence-corrected chi connectivity index (χ4v) is 12.6. The van der Waals surface area contributed by atoms with Crippen molar-refractivity contribution in [1.82, 2.24) is 0 Å². The average Bonchev–Trinajstić information content (AvgIpc) is 3.09. The van der Waals surface area contributed by atoms with Crippen LogP contribution in [0, 0.1) is 60.4 Å². The molecule has 0 heterocycles. The summed E-state index contributed by atoms with van der Waals surface area (Å²) in [5.41, 5.74) is 2.51. The molecule has 2 aromatic carbocycles. The van der Waals surface area contributed by atoms with Crippen molar-refractivity contribution in [3.8, 4) is 0 Å². The molecule has 7 heteroatoms. The first-order chi connectivity index (χ1) is 24.0. The third-order valence-corrected chi connectivity index (χ3v) is 15.8. The maximum atomic E-state index is 14.3. The molecular formula is C44H57NO6. The number of nitrogens with zero attached hydrogens (tertiary/aromatic N) is 1. The Morgan fingerprint density at radius 3 is 2.20 bits per heavy atom. The van der Waals surface area contributed by atoms with E-state index in [1.807, 2.05) is 30.3 Å². The highest BCUT2D eigenvalue weighted by atomic mass is 16.6. The van der Waals surface area contributed by atoms with Gasteiger partial charge in [0.2, 0.25) is 0 Å². The first kappa shape index (κ1) is 35.9. The fraction of sp³-hybridized carbons (Fsp3) is 0.636. The van der Waals surface area contributed by atoms with Crippen molar-refractivity contribution in [3.63, 3.8) is 0 Å². The van der Waals surface area contributed by atoms with Gasteiger partial charge in [0.1, 0.15) is 12.7 Å². The molecule has 0 saturated heterocycles. The molecule has 5 aliphatic carbocycles. The van der Waals surface area contributed by atoms with Gasteiger partial charge in [0.25, 0.3) is 5.69 Å². The Labute approximate surface area is 304 Å². The number of rotatable bonds is 6. The van der Waals surface area contributed by atoms with Gasteiger partial charge in [-0.1, -0.05) is 90.4 Å². The topological polar surface area (TPSA) is 95.7 Å². The first-order valence-electron chi connectivity index (χ1n) is 19.3. The van der Waals surface area contributed by atoms with Crippen molar-refractivity contribution in [1.29, 1.82) is 0 Å². The van der Waals surface area contributed by atoms with E-state index in [0.717, 1.165) is 69.8 Å². The summed E-state index contributed by atoms with van der Waals surface area (Å²) in [7, 11) is 0. The summed E-state index contributed by atoms with van der Waals surface area (Å²) in [6.45, 7) is 17.3. The van der Waals surface area contributed by atoms with E-state index < -0.39 is 16.3 Å². The molecule has 4 saturated carbocycles. The quantitative estimate of drug-likeness (QED) is 0.129. The SMILES string of the molecule is CC1(C)CC[C@]2(C(=O)OCc3ccccc3)CC[C@]3(C)C(=CC[C@@H]4[C@@]5(C)CC[C@H](OC(=O)c6ccc([N+](=O)[O-])cc6)C(C)(C)[C@@H]5CC[C@]43C)[C@@H]2C1. The second kappa shape index (κ2) is 12.3. The lowest BCUT2D eigenvalue weighted by Gasteiger charge is -2.71. The van der Waals surface area contributed by atoms with Crippen LogP contribution in [0.25, 0.3) is 0 Å². The summed E-state index contributed by atoms with van der Waals surface area (Å²) in [6, 6.07) is 15.8. The van der Waals surface area contributed by atoms with Crippen LogP contribution in [0.2, 0.25) is 0 Å².